The van der Waals surface area contributed by atoms with Crippen LogP contribution in [0.4, 0.5) is 0 Å². The zero-order valence-electron chi connectivity index (χ0n) is 13.5. The Bertz CT molecular complexity index is 270. The number of aliphatic hydroxyl groups is 1. The molecule has 0 aromatic carbocycles. The highest BCUT2D eigenvalue weighted by Gasteiger charge is 2.29. The van der Waals surface area contributed by atoms with Gasteiger partial charge >= 0.3 is 0 Å². The molecule has 2 rings (SSSR count). The molecular weight excluding hydrogens is 248 g/mol. The molecule has 1 aliphatic carbocycles. The largest absolute Gasteiger partial charge is 0.396 e. The zero-order valence-corrected chi connectivity index (χ0v) is 13.5. The van der Waals surface area contributed by atoms with Crippen molar-refractivity contribution in [2.45, 2.75) is 70.9 Å². The van der Waals surface area contributed by atoms with Crippen LogP contribution in [0, 0.1) is 11.8 Å². The van der Waals surface area contributed by atoms with Crippen LogP contribution in [0.25, 0.3) is 0 Å². The Morgan fingerprint density at radius 1 is 1.20 bits per heavy atom. The first-order valence-electron chi connectivity index (χ1n) is 8.83. The summed E-state index contributed by atoms with van der Waals surface area (Å²) >= 11 is 0. The molecule has 3 nitrogen and oxygen atoms in total. The fourth-order valence-corrected chi connectivity index (χ4v) is 4.14. The number of rotatable bonds is 6. The van der Waals surface area contributed by atoms with Gasteiger partial charge in [-0.05, 0) is 64.0 Å². The van der Waals surface area contributed by atoms with Gasteiger partial charge in [0.2, 0.25) is 0 Å². The third kappa shape index (κ3) is 4.44. The van der Waals surface area contributed by atoms with Crippen molar-refractivity contribution in [1.82, 2.24) is 10.2 Å². The number of hydrogen-bond acceptors (Lipinski definition) is 3. The maximum absolute atomic E-state index is 9.55. The second-order valence-corrected chi connectivity index (χ2v) is 6.99. The average Bonchev–Trinajstić information content (AvgIpc) is 2.48. The third-order valence-electron chi connectivity index (χ3n) is 5.41. The molecule has 4 atom stereocenters. The second-order valence-electron chi connectivity index (χ2n) is 6.99. The lowest BCUT2D eigenvalue weighted by Gasteiger charge is -2.39. The number of nitrogens with one attached hydrogen (secondary N) is 1. The van der Waals surface area contributed by atoms with Gasteiger partial charge in [-0.3, -0.25) is 0 Å². The molecule has 0 spiro atoms. The van der Waals surface area contributed by atoms with Gasteiger partial charge in [-0.1, -0.05) is 19.8 Å². The number of hydrogen-bond donors (Lipinski definition) is 2. The highest BCUT2D eigenvalue weighted by molar-refractivity contribution is 4.87. The van der Waals surface area contributed by atoms with Crippen LogP contribution in [0.5, 0.6) is 0 Å². The fraction of sp³-hybridized carbons (Fsp3) is 1.00. The molecule has 1 aliphatic heterocycles. The summed E-state index contributed by atoms with van der Waals surface area (Å²) in [6, 6.07) is 1.14. The molecule has 1 saturated heterocycles. The number of likely N-dealkylation sites (tertiary alicyclic amines) is 1. The normalized spacial score (nSPS) is 34.0. The van der Waals surface area contributed by atoms with E-state index >= 15 is 0 Å². The topological polar surface area (TPSA) is 35.5 Å². The SMILES string of the molecule is CCCN1CCCC(C(C)NC2CCCCC2CO)C1. The van der Waals surface area contributed by atoms with Gasteiger partial charge in [0.25, 0.3) is 0 Å². The summed E-state index contributed by atoms with van der Waals surface area (Å²) in [6.45, 7) is 8.81. The Hall–Kier alpha value is -0.120. The van der Waals surface area contributed by atoms with Gasteiger partial charge in [0.1, 0.15) is 0 Å². The summed E-state index contributed by atoms with van der Waals surface area (Å²) < 4.78 is 0. The minimum atomic E-state index is 0.358. The molecule has 0 bridgehead atoms. The lowest BCUT2D eigenvalue weighted by atomic mass is 9.83. The summed E-state index contributed by atoms with van der Waals surface area (Å²) in [6.07, 6.45) is 9.06. The van der Waals surface area contributed by atoms with E-state index in [0.29, 0.717) is 24.6 Å². The molecule has 1 saturated carbocycles. The highest BCUT2D eigenvalue weighted by Crippen LogP contribution is 2.26. The standard InChI is InChI=1S/C17H34N2O/c1-3-10-19-11-6-8-15(12-19)14(2)18-17-9-5-4-7-16(17)13-20/h14-18,20H,3-13H2,1-2H3. The average molecular weight is 282 g/mol. The molecule has 3 heteroatoms. The zero-order chi connectivity index (χ0) is 14.4. The van der Waals surface area contributed by atoms with Crippen LogP contribution < -0.4 is 5.32 Å². The van der Waals surface area contributed by atoms with Crippen LogP contribution >= 0.6 is 0 Å². The van der Waals surface area contributed by atoms with Crippen molar-refractivity contribution in [2.24, 2.45) is 11.8 Å². The minimum Gasteiger partial charge on any atom is -0.396 e. The Balaban J connectivity index is 1.82. The molecule has 2 fully saturated rings. The second kappa shape index (κ2) is 8.35. The summed E-state index contributed by atoms with van der Waals surface area (Å²) in [5.74, 6) is 1.28. The molecule has 118 valence electrons. The fourth-order valence-electron chi connectivity index (χ4n) is 4.14. The van der Waals surface area contributed by atoms with Gasteiger partial charge in [-0.25, -0.2) is 0 Å². The van der Waals surface area contributed by atoms with Crippen molar-refractivity contribution in [2.75, 3.05) is 26.2 Å². The maximum Gasteiger partial charge on any atom is 0.0474 e. The van der Waals surface area contributed by atoms with E-state index in [-0.39, 0.29) is 0 Å². The molecule has 20 heavy (non-hydrogen) atoms. The molecule has 2 aliphatic rings. The Morgan fingerprint density at radius 3 is 2.75 bits per heavy atom. The molecule has 0 aromatic rings. The maximum atomic E-state index is 9.55. The summed E-state index contributed by atoms with van der Waals surface area (Å²) in [4.78, 5) is 2.64. The van der Waals surface area contributed by atoms with E-state index in [1.165, 1.54) is 64.6 Å². The number of piperidine rings is 1. The Morgan fingerprint density at radius 2 is 2.00 bits per heavy atom. The number of aliphatic hydroxyl groups excluding tert-OH is 1. The Kier molecular flexibility index (Phi) is 6.79. The van der Waals surface area contributed by atoms with Crippen molar-refractivity contribution >= 4 is 0 Å². The van der Waals surface area contributed by atoms with Crippen molar-refractivity contribution in [3.63, 3.8) is 0 Å². The van der Waals surface area contributed by atoms with Gasteiger partial charge in [-0.15, -0.1) is 0 Å². The smallest absolute Gasteiger partial charge is 0.0474 e. The molecule has 0 aromatic heterocycles. The minimum absolute atomic E-state index is 0.358. The summed E-state index contributed by atoms with van der Waals surface area (Å²) in [5.41, 5.74) is 0. The van der Waals surface area contributed by atoms with Crippen molar-refractivity contribution in [1.29, 1.82) is 0 Å². The summed E-state index contributed by atoms with van der Waals surface area (Å²) in [7, 11) is 0. The van der Waals surface area contributed by atoms with Crippen LogP contribution in [-0.4, -0.2) is 48.3 Å². The van der Waals surface area contributed by atoms with Gasteiger partial charge < -0.3 is 15.3 Å². The van der Waals surface area contributed by atoms with Gasteiger partial charge in [0.05, 0.1) is 0 Å². The lowest BCUT2D eigenvalue weighted by Crippen LogP contribution is -2.50. The van der Waals surface area contributed by atoms with Crippen LogP contribution in [0.3, 0.4) is 0 Å². The third-order valence-corrected chi connectivity index (χ3v) is 5.41. The predicted octanol–water partition coefficient (Wildman–Crippen LogP) is 2.64. The van der Waals surface area contributed by atoms with E-state index in [4.69, 9.17) is 0 Å². The first-order valence-corrected chi connectivity index (χ1v) is 8.83. The van der Waals surface area contributed by atoms with Crippen LogP contribution in [0.2, 0.25) is 0 Å². The molecular formula is C17H34N2O. The van der Waals surface area contributed by atoms with Gasteiger partial charge in [0, 0.05) is 25.2 Å². The first-order chi connectivity index (χ1) is 9.74. The van der Waals surface area contributed by atoms with Crippen LogP contribution in [-0.2, 0) is 0 Å². The molecule has 0 radical (unpaired) electrons. The molecule has 4 unspecified atom stereocenters. The molecule has 0 amide bonds. The van der Waals surface area contributed by atoms with E-state index in [9.17, 15) is 5.11 Å². The van der Waals surface area contributed by atoms with E-state index in [2.05, 4.69) is 24.1 Å². The van der Waals surface area contributed by atoms with Crippen LogP contribution in [0.1, 0.15) is 58.8 Å². The van der Waals surface area contributed by atoms with Gasteiger partial charge in [0.15, 0.2) is 0 Å². The van der Waals surface area contributed by atoms with Crippen molar-refractivity contribution in [3.05, 3.63) is 0 Å². The van der Waals surface area contributed by atoms with E-state index < -0.39 is 0 Å². The lowest BCUT2D eigenvalue weighted by molar-refractivity contribution is 0.114. The van der Waals surface area contributed by atoms with E-state index in [1.807, 2.05) is 0 Å². The van der Waals surface area contributed by atoms with Crippen LogP contribution in [0.15, 0.2) is 0 Å². The molecule has 1 heterocycles. The van der Waals surface area contributed by atoms with E-state index in [1.54, 1.807) is 0 Å². The quantitative estimate of drug-likeness (QED) is 0.786. The number of nitrogens with zero attached hydrogens (tertiary/aromatic N) is 1. The first kappa shape index (κ1) is 16.3. The van der Waals surface area contributed by atoms with Crippen molar-refractivity contribution in [3.8, 4) is 0 Å². The Labute approximate surface area is 125 Å². The molecule has 2 N–H and O–H groups in total. The predicted molar refractivity (Wildman–Crippen MR) is 84.9 cm³/mol. The van der Waals surface area contributed by atoms with Crippen molar-refractivity contribution < 1.29 is 5.11 Å². The highest BCUT2D eigenvalue weighted by atomic mass is 16.3. The monoisotopic (exact) mass is 282 g/mol. The van der Waals surface area contributed by atoms with Gasteiger partial charge in [-0.2, -0.15) is 0 Å². The summed E-state index contributed by atoms with van der Waals surface area (Å²) in [5, 5.41) is 13.4. The van der Waals surface area contributed by atoms with E-state index in [0.717, 1.165) is 5.92 Å².